The topological polar surface area (TPSA) is 58.3 Å². The highest BCUT2D eigenvalue weighted by atomic mass is 19.4. The van der Waals surface area contributed by atoms with Gasteiger partial charge in [-0.25, -0.2) is 0 Å². The second-order valence-electron chi connectivity index (χ2n) is 8.27. The van der Waals surface area contributed by atoms with Crippen LogP contribution in [0.3, 0.4) is 0 Å². The van der Waals surface area contributed by atoms with Crippen molar-refractivity contribution in [3.8, 4) is 11.3 Å². The molecule has 2 heterocycles. The monoisotopic (exact) mass is 407 g/mol. The number of benzene rings is 1. The average molecular weight is 407 g/mol. The van der Waals surface area contributed by atoms with Crippen LogP contribution in [0, 0.1) is 0 Å². The normalized spacial score (nSPS) is 16.3. The van der Waals surface area contributed by atoms with Crippen LogP contribution in [0.15, 0.2) is 36.4 Å². The number of hydrogen-bond acceptors (Lipinski definition) is 5. The zero-order valence-electron chi connectivity index (χ0n) is 16.9. The highest BCUT2D eigenvalue weighted by Crippen LogP contribution is 2.30. The molecule has 8 heteroatoms. The molecule has 0 aliphatic carbocycles. The van der Waals surface area contributed by atoms with E-state index in [1.54, 1.807) is 6.07 Å². The number of aromatic nitrogens is 2. The number of nitrogens with two attached hydrogens (primary N) is 1. The lowest BCUT2D eigenvalue weighted by Gasteiger charge is -2.35. The van der Waals surface area contributed by atoms with Crippen molar-refractivity contribution in [1.29, 1.82) is 0 Å². The summed E-state index contributed by atoms with van der Waals surface area (Å²) in [7, 11) is 0. The predicted octanol–water partition coefficient (Wildman–Crippen LogP) is 3.80. The van der Waals surface area contributed by atoms with Crippen molar-refractivity contribution in [3.05, 3.63) is 42.0 Å². The van der Waals surface area contributed by atoms with Gasteiger partial charge >= 0.3 is 6.18 Å². The molecule has 2 N–H and O–H groups in total. The average Bonchev–Trinajstić information content (AvgIpc) is 2.67. The number of anilines is 1. The molecule has 0 atom stereocenters. The molecule has 158 valence electrons. The zero-order valence-corrected chi connectivity index (χ0v) is 16.9. The van der Waals surface area contributed by atoms with Crippen molar-refractivity contribution in [2.45, 2.75) is 38.4 Å². The number of hydrogen-bond donors (Lipinski definition) is 1. The maximum atomic E-state index is 12.7. The summed E-state index contributed by atoms with van der Waals surface area (Å²) in [6, 6.07) is 8.67. The summed E-state index contributed by atoms with van der Waals surface area (Å²) in [5.74, 6) is 0.795. The summed E-state index contributed by atoms with van der Waals surface area (Å²) in [5, 5.41) is 8.50. The maximum Gasteiger partial charge on any atom is 0.416 e. The molecule has 29 heavy (non-hydrogen) atoms. The number of piperazine rings is 1. The van der Waals surface area contributed by atoms with Gasteiger partial charge in [0, 0.05) is 37.3 Å². The minimum Gasteiger partial charge on any atom is -0.353 e. The van der Waals surface area contributed by atoms with Crippen molar-refractivity contribution in [3.63, 3.8) is 0 Å². The summed E-state index contributed by atoms with van der Waals surface area (Å²) in [4.78, 5) is 4.62. The molecule has 0 amide bonds. The number of rotatable bonds is 6. The molecule has 1 fully saturated rings. The molecule has 0 spiro atoms. The minimum atomic E-state index is -4.34. The fraction of sp³-hybridized carbons (Fsp3) is 0.524. The molecule has 1 saturated heterocycles. The molecule has 1 aromatic heterocycles. The van der Waals surface area contributed by atoms with Gasteiger partial charge in [-0.3, -0.25) is 4.90 Å². The SMILES string of the molecule is CC(C)(N)CCCN1CCN(c2ccc(-c3ccc(C(F)(F)F)cc3)nn2)CC1. The molecule has 0 saturated carbocycles. The third kappa shape index (κ3) is 6.14. The molecule has 2 aromatic rings. The van der Waals surface area contributed by atoms with Crippen LogP contribution in [-0.2, 0) is 6.18 Å². The van der Waals surface area contributed by atoms with Crippen molar-refractivity contribution in [1.82, 2.24) is 15.1 Å². The first-order valence-electron chi connectivity index (χ1n) is 9.89. The second-order valence-corrected chi connectivity index (χ2v) is 8.27. The first-order valence-corrected chi connectivity index (χ1v) is 9.89. The van der Waals surface area contributed by atoms with Crippen LogP contribution in [0.25, 0.3) is 11.3 Å². The van der Waals surface area contributed by atoms with E-state index in [1.165, 1.54) is 12.1 Å². The van der Waals surface area contributed by atoms with Crippen LogP contribution in [-0.4, -0.2) is 53.4 Å². The Morgan fingerprint density at radius 1 is 0.931 bits per heavy atom. The van der Waals surface area contributed by atoms with Gasteiger partial charge in [-0.15, -0.1) is 10.2 Å². The number of alkyl halides is 3. The summed E-state index contributed by atoms with van der Waals surface area (Å²) < 4.78 is 38.1. The van der Waals surface area contributed by atoms with Gasteiger partial charge in [0.05, 0.1) is 11.3 Å². The van der Waals surface area contributed by atoms with Gasteiger partial charge in [0.25, 0.3) is 0 Å². The molecule has 1 aromatic carbocycles. The Kier molecular flexibility index (Phi) is 6.43. The quantitative estimate of drug-likeness (QED) is 0.789. The van der Waals surface area contributed by atoms with Crippen molar-refractivity contribution in [2.75, 3.05) is 37.6 Å². The Labute approximate surface area is 169 Å². The fourth-order valence-electron chi connectivity index (χ4n) is 3.44. The zero-order chi connectivity index (χ0) is 21.1. The maximum absolute atomic E-state index is 12.7. The molecule has 1 aliphatic rings. The van der Waals surface area contributed by atoms with Gasteiger partial charge in [0.2, 0.25) is 0 Å². The van der Waals surface area contributed by atoms with Gasteiger partial charge in [-0.05, 0) is 57.5 Å². The van der Waals surface area contributed by atoms with Crippen LogP contribution in [0.5, 0.6) is 0 Å². The lowest BCUT2D eigenvalue weighted by Crippen LogP contribution is -2.47. The first-order chi connectivity index (χ1) is 13.6. The Bertz CT molecular complexity index is 774. The molecule has 3 rings (SSSR count). The first kappa shape index (κ1) is 21.5. The molecule has 0 radical (unpaired) electrons. The molecular formula is C21H28F3N5. The van der Waals surface area contributed by atoms with Gasteiger partial charge in [-0.1, -0.05) is 12.1 Å². The summed E-state index contributed by atoms with van der Waals surface area (Å²) in [5.41, 5.74) is 6.43. The lowest BCUT2D eigenvalue weighted by atomic mass is 10.00. The Morgan fingerprint density at radius 3 is 2.10 bits per heavy atom. The smallest absolute Gasteiger partial charge is 0.353 e. The van der Waals surface area contributed by atoms with E-state index in [4.69, 9.17) is 5.73 Å². The van der Waals surface area contributed by atoms with Gasteiger partial charge in [-0.2, -0.15) is 13.2 Å². The number of halogens is 3. The minimum absolute atomic E-state index is 0.119. The van der Waals surface area contributed by atoms with Crippen LogP contribution < -0.4 is 10.6 Å². The van der Waals surface area contributed by atoms with Gasteiger partial charge in [0.1, 0.15) is 0 Å². The van der Waals surface area contributed by atoms with E-state index in [0.717, 1.165) is 63.5 Å². The van der Waals surface area contributed by atoms with Crippen LogP contribution in [0.1, 0.15) is 32.3 Å². The van der Waals surface area contributed by atoms with Crippen molar-refractivity contribution in [2.24, 2.45) is 5.73 Å². The van der Waals surface area contributed by atoms with Crippen LogP contribution in [0.4, 0.5) is 19.0 Å². The Hall–Kier alpha value is -2.19. The highest BCUT2D eigenvalue weighted by molar-refractivity contribution is 5.60. The summed E-state index contributed by atoms with van der Waals surface area (Å²) in [6.07, 6.45) is -2.24. The highest BCUT2D eigenvalue weighted by Gasteiger charge is 2.30. The standard InChI is InChI=1S/C21H28F3N5/c1-20(2,25)10-3-11-28-12-14-29(15-13-28)19-9-8-18(26-27-19)16-4-6-17(7-5-16)21(22,23)24/h4-9H,3,10-15,25H2,1-2H3. The van der Waals surface area contributed by atoms with E-state index in [2.05, 4.69) is 33.8 Å². The van der Waals surface area contributed by atoms with E-state index >= 15 is 0 Å². The lowest BCUT2D eigenvalue weighted by molar-refractivity contribution is -0.137. The Morgan fingerprint density at radius 2 is 1.59 bits per heavy atom. The van der Waals surface area contributed by atoms with E-state index < -0.39 is 11.7 Å². The second kappa shape index (κ2) is 8.67. The van der Waals surface area contributed by atoms with Crippen molar-refractivity contribution >= 4 is 5.82 Å². The largest absolute Gasteiger partial charge is 0.416 e. The molecular weight excluding hydrogens is 379 g/mol. The van der Waals surface area contributed by atoms with Gasteiger partial charge < -0.3 is 10.6 Å². The van der Waals surface area contributed by atoms with Crippen molar-refractivity contribution < 1.29 is 13.2 Å². The Balaban J connectivity index is 1.53. The van der Waals surface area contributed by atoms with Gasteiger partial charge in [0.15, 0.2) is 5.82 Å². The van der Waals surface area contributed by atoms with E-state index in [9.17, 15) is 13.2 Å². The van der Waals surface area contributed by atoms with E-state index in [0.29, 0.717) is 11.3 Å². The third-order valence-electron chi connectivity index (χ3n) is 5.15. The number of nitrogens with zero attached hydrogens (tertiary/aromatic N) is 4. The molecule has 1 aliphatic heterocycles. The predicted molar refractivity (Wildman–Crippen MR) is 109 cm³/mol. The fourth-order valence-corrected chi connectivity index (χ4v) is 3.44. The van der Waals surface area contributed by atoms with E-state index in [-0.39, 0.29) is 5.54 Å². The molecule has 5 nitrogen and oxygen atoms in total. The van der Waals surface area contributed by atoms with Crippen LogP contribution >= 0.6 is 0 Å². The third-order valence-corrected chi connectivity index (χ3v) is 5.15. The van der Waals surface area contributed by atoms with E-state index in [1.807, 2.05) is 6.07 Å². The van der Waals surface area contributed by atoms with Crippen LogP contribution in [0.2, 0.25) is 0 Å². The summed E-state index contributed by atoms with van der Waals surface area (Å²) >= 11 is 0. The molecule has 0 unspecified atom stereocenters. The molecule has 0 bridgehead atoms. The summed E-state index contributed by atoms with van der Waals surface area (Å²) in [6.45, 7) is 8.84.